The highest BCUT2D eigenvalue weighted by Gasteiger charge is 2.04. The normalized spacial score (nSPS) is 12.8. The summed E-state index contributed by atoms with van der Waals surface area (Å²) in [6, 6.07) is 5.36. The number of hydrogen-bond acceptors (Lipinski definition) is 3. The summed E-state index contributed by atoms with van der Waals surface area (Å²) in [6.07, 6.45) is 0. The molecule has 1 rings (SSSR count). The van der Waals surface area contributed by atoms with E-state index < -0.39 is 0 Å². The summed E-state index contributed by atoms with van der Waals surface area (Å²) < 4.78 is 4.92. The molecule has 0 aliphatic rings. The van der Waals surface area contributed by atoms with Crippen molar-refractivity contribution in [2.24, 2.45) is 5.73 Å². The van der Waals surface area contributed by atoms with Crippen LogP contribution in [0.1, 0.15) is 24.1 Å². The van der Waals surface area contributed by atoms with Gasteiger partial charge in [0.05, 0.1) is 6.61 Å². The van der Waals surface area contributed by atoms with E-state index in [0.29, 0.717) is 6.61 Å². The maximum Gasteiger partial charge on any atom is 0.121 e. The van der Waals surface area contributed by atoms with E-state index in [1.807, 2.05) is 19.1 Å². The second-order valence-corrected chi connectivity index (χ2v) is 3.11. The molecule has 0 saturated heterocycles. The predicted molar refractivity (Wildman–Crippen MR) is 51.4 cm³/mol. The summed E-state index contributed by atoms with van der Waals surface area (Å²) in [5.74, 6) is 0.247. The van der Waals surface area contributed by atoms with E-state index in [1.54, 1.807) is 13.2 Å². The highest BCUT2D eigenvalue weighted by molar-refractivity contribution is 5.37. The van der Waals surface area contributed by atoms with Crippen molar-refractivity contribution in [1.29, 1.82) is 0 Å². The monoisotopic (exact) mass is 181 g/mol. The third-order valence-corrected chi connectivity index (χ3v) is 1.93. The van der Waals surface area contributed by atoms with Gasteiger partial charge in [-0.15, -0.1) is 0 Å². The molecule has 0 heterocycles. The summed E-state index contributed by atoms with van der Waals surface area (Å²) >= 11 is 0. The van der Waals surface area contributed by atoms with Gasteiger partial charge in [0.25, 0.3) is 0 Å². The maximum atomic E-state index is 9.54. The highest BCUT2D eigenvalue weighted by atomic mass is 16.5. The third-order valence-electron chi connectivity index (χ3n) is 1.93. The fourth-order valence-corrected chi connectivity index (χ4v) is 1.14. The van der Waals surface area contributed by atoms with Gasteiger partial charge in [-0.25, -0.2) is 0 Å². The number of phenolic OH excluding ortho intramolecular Hbond substituents is 1. The largest absolute Gasteiger partial charge is 0.508 e. The van der Waals surface area contributed by atoms with E-state index >= 15 is 0 Å². The smallest absolute Gasteiger partial charge is 0.121 e. The zero-order valence-electron chi connectivity index (χ0n) is 7.95. The summed E-state index contributed by atoms with van der Waals surface area (Å²) in [5, 5.41) is 9.54. The fourth-order valence-electron chi connectivity index (χ4n) is 1.14. The number of benzene rings is 1. The number of nitrogens with two attached hydrogens (primary N) is 1. The van der Waals surface area contributed by atoms with Crippen molar-refractivity contribution >= 4 is 0 Å². The van der Waals surface area contributed by atoms with Gasteiger partial charge in [0.15, 0.2) is 0 Å². The average Bonchev–Trinajstić information content (AvgIpc) is 2.08. The van der Waals surface area contributed by atoms with Gasteiger partial charge in [-0.2, -0.15) is 0 Å². The molecule has 0 spiro atoms. The molecule has 0 aliphatic carbocycles. The predicted octanol–water partition coefficient (Wildman–Crippen LogP) is 1.56. The highest BCUT2D eigenvalue weighted by Crippen LogP contribution is 2.22. The van der Waals surface area contributed by atoms with E-state index in [-0.39, 0.29) is 11.8 Å². The van der Waals surface area contributed by atoms with Gasteiger partial charge in [-0.1, -0.05) is 12.1 Å². The van der Waals surface area contributed by atoms with Crippen molar-refractivity contribution in [3.8, 4) is 5.75 Å². The topological polar surface area (TPSA) is 55.5 Å². The molecule has 0 amide bonds. The zero-order chi connectivity index (χ0) is 9.84. The lowest BCUT2D eigenvalue weighted by Gasteiger charge is -2.08. The molecule has 3 heteroatoms. The lowest BCUT2D eigenvalue weighted by Crippen LogP contribution is -2.04. The molecule has 1 unspecified atom stereocenters. The van der Waals surface area contributed by atoms with Gasteiger partial charge in [0.1, 0.15) is 5.75 Å². The first-order valence-electron chi connectivity index (χ1n) is 4.21. The van der Waals surface area contributed by atoms with Gasteiger partial charge in [-0.3, -0.25) is 0 Å². The van der Waals surface area contributed by atoms with E-state index in [9.17, 15) is 5.11 Å². The Kier molecular flexibility index (Phi) is 3.28. The fraction of sp³-hybridized carbons (Fsp3) is 0.400. The van der Waals surface area contributed by atoms with E-state index in [1.165, 1.54) is 0 Å². The Balaban J connectivity index is 2.92. The second kappa shape index (κ2) is 4.25. The Bertz CT molecular complexity index is 284. The molecule has 3 nitrogen and oxygen atoms in total. The van der Waals surface area contributed by atoms with Crippen LogP contribution in [-0.2, 0) is 11.3 Å². The van der Waals surface area contributed by atoms with Gasteiger partial charge in [0.2, 0.25) is 0 Å². The summed E-state index contributed by atoms with van der Waals surface area (Å²) in [6.45, 7) is 2.30. The molecular formula is C10H15NO2. The molecule has 3 N–H and O–H groups in total. The van der Waals surface area contributed by atoms with Crippen LogP contribution in [0.3, 0.4) is 0 Å². The molecule has 1 atom stereocenters. The average molecular weight is 181 g/mol. The molecule has 72 valence electrons. The number of rotatable bonds is 3. The van der Waals surface area contributed by atoms with E-state index in [0.717, 1.165) is 11.1 Å². The van der Waals surface area contributed by atoms with E-state index in [4.69, 9.17) is 10.5 Å². The van der Waals surface area contributed by atoms with Crippen LogP contribution in [0.2, 0.25) is 0 Å². The van der Waals surface area contributed by atoms with Crippen molar-refractivity contribution in [2.45, 2.75) is 19.6 Å². The summed E-state index contributed by atoms with van der Waals surface area (Å²) in [5.41, 5.74) is 7.38. The van der Waals surface area contributed by atoms with Crippen LogP contribution in [0.25, 0.3) is 0 Å². The lowest BCUT2D eigenvalue weighted by atomic mass is 10.1. The van der Waals surface area contributed by atoms with E-state index in [2.05, 4.69) is 0 Å². The molecule has 0 bridgehead atoms. The first-order chi connectivity index (χ1) is 6.15. The van der Waals surface area contributed by atoms with Gasteiger partial charge >= 0.3 is 0 Å². The summed E-state index contributed by atoms with van der Waals surface area (Å²) in [4.78, 5) is 0. The standard InChI is InChI=1S/C10H15NO2/c1-7(11)8-3-4-9(6-13-2)10(12)5-8/h3-5,7,12H,6,11H2,1-2H3. The van der Waals surface area contributed by atoms with Crippen molar-refractivity contribution in [1.82, 2.24) is 0 Å². The molecule has 0 saturated carbocycles. The van der Waals surface area contributed by atoms with Crippen LogP contribution in [0.4, 0.5) is 0 Å². The number of methoxy groups -OCH3 is 1. The van der Waals surface area contributed by atoms with Crippen molar-refractivity contribution in [2.75, 3.05) is 7.11 Å². The van der Waals surface area contributed by atoms with Crippen molar-refractivity contribution in [3.63, 3.8) is 0 Å². The van der Waals surface area contributed by atoms with Crippen LogP contribution in [0.5, 0.6) is 5.75 Å². The zero-order valence-corrected chi connectivity index (χ0v) is 7.95. The number of hydrogen-bond donors (Lipinski definition) is 2. The molecule has 0 fully saturated rings. The van der Waals surface area contributed by atoms with Crippen LogP contribution in [-0.4, -0.2) is 12.2 Å². The number of ether oxygens (including phenoxy) is 1. The Morgan fingerprint density at radius 1 is 1.54 bits per heavy atom. The Morgan fingerprint density at radius 2 is 2.23 bits per heavy atom. The Labute approximate surface area is 78.1 Å². The second-order valence-electron chi connectivity index (χ2n) is 3.11. The number of phenols is 1. The van der Waals surface area contributed by atoms with Crippen LogP contribution in [0, 0.1) is 0 Å². The molecule has 0 aromatic heterocycles. The minimum Gasteiger partial charge on any atom is -0.508 e. The third kappa shape index (κ3) is 2.44. The molecule has 1 aromatic carbocycles. The minimum atomic E-state index is -0.0532. The molecule has 0 aliphatic heterocycles. The van der Waals surface area contributed by atoms with Gasteiger partial charge < -0.3 is 15.6 Å². The Morgan fingerprint density at radius 3 is 2.69 bits per heavy atom. The van der Waals surface area contributed by atoms with Gasteiger partial charge in [-0.05, 0) is 18.6 Å². The first-order valence-corrected chi connectivity index (χ1v) is 4.21. The maximum absolute atomic E-state index is 9.54. The van der Waals surface area contributed by atoms with Crippen LogP contribution < -0.4 is 5.73 Å². The van der Waals surface area contributed by atoms with Crippen molar-refractivity contribution in [3.05, 3.63) is 29.3 Å². The molecule has 0 radical (unpaired) electrons. The minimum absolute atomic E-state index is 0.0532. The Hall–Kier alpha value is -1.06. The lowest BCUT2D eigenvalue weighted by molar-refractivity contribution is 0.182. The first kappa shape index (κ1) is 10.0. The molecule has 13 heavy (non-hydrogen) atoms. The SMILES string of the molecule is COCc1ccc(C(C)N)cc1O. The quantitative estimate of drug-likeness (QED) is 0.744. The number of aromatic hydroxyl groups is 1. The molecule has 1 aromatic rings. The van der Waals surface area contributed by atoms with Crippen LogP contribution in [0.15, 0.2) is 18.2 Å². The van der Waals surface area contributed by atoms with Crippen molar-refractivity contribution < 1.29 is 9.84 Å². The molecular weight excluding hydrogens is 166 g/mol. The van der Waals surface area contributed by atoms with Gasteiger partial charge in [0, 0.05) is 18.7 Å². The van der Waals surface area contributed by atoms with Crippen LogP contribution >= 0.6 is 0 Å². The summed E-state index contributed by atoms with van der Waals surface area (Å²) in [7, 11) is 1.60.